The molecular weight excluding hydrogens is 385 g/mol. The molecule has 0 bridgehead atoms. The van der Waals surface area contributed by atoms with Crippen molar-refractivity contribution in [1.29, 1.82) is 0 Å². The van der Waals surface area contributed by atoms with E-state index < -0.39 is 34.6 Å². The molecule has 0 fully saturated rings. The molecule has 1 aromatic carbocycles. The second-order valence-corrected chi connectivity index (χ2v) is 7.84. The van der Waals surface area contributed by atoms with Crippen molar-refractivity contribution < 1.29 is 31.1 Å². The summed E-state index contributed by atoms with van der Waals surface area (Å²) in [6, 6.07) is 8.12. The van der Waals surface area contributed by atoms with E-state index in [2.05, 4.69) is 15.0 Å². The van der Waals surface area contributed by atoms with Gasteiger partial charge in [0.1, 0.15) is 0 Å². The number of rotatable bonds is 6. The number of carbonyl (C=O) groups is 1. The van der Waals surface area contributed by atoms with Crippen LogP contribution in [0.4, 0.5) is 13.2 Å². The van der Waals surface area contributed by atoms with Crippen molar-refractivity contribution in [2.45, 2.75) is 24.0 Å². The average Bonchev–Trinajstić information content (AvgIpc) is 2.59. The molecule has 1 N–H and O–H groups in total. The van der Waals surface area contributed by atoms with Crippen molar-refractivity contribution in [3.63, 3.8) is 0 Å². The van der Waals surface area contributed by atoms with Crippen LogP contribution in [-0.2, 0) is 9.84 Å². The summed E-state index contributed by atoms with van der Waals surface area (Å²) in [5, 5.41) is 2.70. The van der Waals surface area contributed by atoms with Gasteiger partial charge in [0, 0.05) is 18.5 Å². The van der Waals surface area contributed by atoms with Crippen molar-refractivity contribution in [3.8, 4) is 5.88 Å². The molecule has 0 aliphatic rings. The lowest BCUT2D eigenvalue weighted by molar-refractivity contribution is -0.154. The molecule has 0 saturated heterocycles. The summed E-state index contributed by atoms with van der Waals surface area (Å²) < 4.78 is 63.7. The Morgan fingerprint density at radius 2 is 1.81 bits per heavy atom. The maximum atomic E-state index is 12.2. The number of pyridine rings is 1. The number of sulfone groups is 1. The number of aromatic nitrogens is 1. The molecule has 0 aliphatic carbocycles. The fourth-order valence-corrected chi connectivity index (χ4v) is 2.75. The third kappa shape index (κ3) is 6.24. The molecule has 2 aromatic rings. The average molecular weight is 402 g/mol. The van der Waals surface area contributed by atoms with E-state index in [0.717, 1.165) is 12.5 Å². The number of hydrogen-bond donors (Lipinski definition) is 1. The molecule has 1 heterocycles. The van der Waals surface area contributed by atoms with E-state index in [0.29, 0.717) is 5.56 Å². The second-order valence-electron chi connectivity index (χ2n) is 5.83. The van der Waals surface area contributed by atoms with Gasteiger partial charge in [-0.1, -0.05) is 12.1 Å². The number of nitrogens with one attached hydrogen (secondary N) is 1. The van der Waals surface area contributed by atoms with E-state index in [4.69, 9.17) is 0 Å². The van der Waals surface area contributed by atoms with Crippen LogP contribution in [0, 0.1) is 0 Å². The Bertz CT molecular complexity index is 895. The van der Waals surface area contributed by atoms with Gasteiger partial charge in [-0.15, -0.1) is 0 Å². The molecule has 146 valence electrons. The van der Waals surface area contributed by atoms with Gasteiger partial charge in [-0.2, -0.15) is 13.2 Å². The Kier molecular flexibility index (Phi) is 6.09. The van der Waals surface area contributed by atoms with Gasteiger partial charge in [-0.25, -0.2) is 13.4 Å². The van der Waals surface area contributed by atoms with Crippen LogP contribution in [0.15, 0.2) is 47.5 Å². The highest BCUT2D eigenvalue weighted by molar-refractivity contribution is 7.90. The SMILES string of the molecule is CC(NC(=O)c1ccc(OCC(F)(F)F)nc1)c1ccc(S(C)(=O)=O)cc1. The Labute approximate surface area is 154 Å². The summed E-state index contributed by atoms with van der Waals surface area (Å²) in [6.45, 7) is 0.244. The zero-order valence-corrected chi connectivity index (χ0v) is 15.3. The Hall–Kier alpha value is -2.62. The van der Waals surface area contributed by atoms with E-state index in [-0.39, 0.29) is 16.3 Å². The van der Waals surface area contributed by atoms with Gasteiger partial charge in [0.15, 0.2) is 16.4 Å². The standard InChI is InChI=1S/C17H17F3N2O4S/c1-11(12-3-6-14(7-4-12)27(2,24)25)22-16(23)13-5-8-15(21-9-13)26-10-17(18,19)20/h3-9,11H,10H2,1-2H3,(H,22,23). The Balaban J connectivity index is 1.99. The number of alkyl halides is 3. The predicted molar refractivity (Wildman–Crippen MR) is 91.2 cm³/mol. The molecule has 10 heteroatoms. The highest BCUT2D eigenvalue weighted by Crippen LogP contribution is 2.18. The minimum Gasteiger partial charge on any atom is -0.468 e. The molecule has 0 saturated carbocycles. The molecule has 1 aromatic heterocycles. The van der Waals surface area contributed by atoms with E-state index in [9.17, 15) is 26.4 Å². The number of benzene rings is 1. The van der Waals surface area contributed by atoms with Gasteiger partial charge in [0.2, 0.25) is 5.88 Å². The summed E-state index contributed by atoms with van der Waals surface area (Å²) in [6.07, 6.45) is -2.26. The molecule has 2 rings (SSSR count). The van der Waals surface area contributed by atoms with Crippen LogP contribution in [0.2, 0.25) is 0 Å². The Morgan fingerprint density at radius 3 is 2.30 bits per heavy atom. The lowest BCUT2D eigenvalue weighted by atomic mass is 10.1. The number of ether oxygens (including phenoxy) is 1. The lowest BCUT2D eigenvalue weighted by Crippen LogP contribution is -2.26. The van der Waals surface area contributed by atoms with Crippen LogP contribution in [0.5, 0.6) is 5.88 Å². The third-order valence-corrected chi connectivity index (χ3v) is 4.67. The molecule has 1 atom stereocenters. The van der Waals surface area contributed by atoms with E-state index >= 15 is 0 Å². The first kappa shape index (κ1) is 20.7. The van der Waals surface area contributed by atoms with Gasteiger partial charge < -0.3 is 10.1 Å². The summed E-state index contributed by atoms with van der Waals surface area (Å²) in [5.74, 6) is -0.724. The molecular formula is C17H17F3N2O4S. The first-order valence-corrected chi connectivity index (χ1v) is 9.61. The quantitative estimate of drug-likeness (QED) is 0.803. The molecule has 0 radical (unpaired) electrons. The van der Waals surface area contributed by atoms with Gasteiger partial charge >= 0.3 is 6.18 Å². The van der Waals surface area contributed by atoms with E-state index in [1.54, 1.807) is 19.1 Å². The van der Waals surface area contributed by atoms with Gasteiger partial charge in [0.05, 0.1) is 16.5 Å². The molecule has 1 amide bonds. The topological polar surface area (TPSA) is 85.4 Å². The highest BCUT2D eigenvalue weighted by Gasteiger charge is 2.28. The van der Waals surface area contributed by atoms with Crippen LogP contribution in [-0.4, -0.2) is 38.3 Å². The van der Waals surface area contributed by atoms with Crippen LogP contribution >= 0.6 is 0 Å². The number of nitrogens with zero attached hydrogens (tertiary/aromatic N) is 1. The van der Waals surface area contributed by atoms with Crippen molar-refractivity contribution in [1.82, 2.24) is 10.3 Å². The van der Waals surface area contributed by atoms with Gasteiger partial charge in [0.25, 0.3) is 5.91 Å². The van der Waals surface area contributed by atoms with Gasteiger partial charge in [-0.3, -0.25) is 4.79 Å². The van der Waals surface area contributed by atoms with Gasteiger partial charge in [-0.05, 0) is 30.7 Å². The van der Waals surface area contributed by atoms with Crippen molar-refractivity contribution in [2.75, 3.05) is 12.9 Å². The van der Waals surface area contributed by atoms with Crippen LogP contribution in [0.1, 0.15) is 28.9 Å². The summed E-state index contributed by atoms with van der Waals surface area (Å²) >= 11 is 0. The largest absolute Gasteiger partial charge is 0.468 e. The van der Waals surface area contributed by atoms with E-state index in [1.165, 1.54) is 24.3 Å². The minimum atomic E-state index is -4.47. The molecule has 0 aliphatic heterocycles. The number of halogens is 3. The first-order chi connectivity index (χ1) is 12.5. The van der Waals surface area contributed by atoms with Crippen LogP contribution < -0.4 is 10.1 Å². The second kappa shape index (κ2) is 7.95. The smallest absolute Gasteiger partial charge is 0.422 e. The van der Waals surface area contributed by atoms with Crippen molar-refractivity contribution in [2.24, 2.45) is 0 Å². The van der Waals surface area contributed by atoms with Crippen LogP contribution in [0.3, 0.4) is 0 Å². The van der Waals surface area contributed by atoms with Crippen LogP contribution in [0.25, 0.3) is 0 Å². The minimum absolute atomic E-state index is 0.147. The lowest BCUT2D eigenvalue weighted by Gasteiger charge is -2.15. The summed E-state index contributed by atoms with van der Waals surface area (Å²) in [7, 11) is -3.31. The summed E-state index contributed by atoms with van der Waals surface area (Å²) in [5.41, 5.74) is 0.836. The summed E-state index contributed by atoms with van der Waals surface area (Å²) in [4.78, 5) is 16.1. The first-order valence-electron chi connectivity index (χ1n) is 7.72. The predicted octanol–water partition coefficient (Wildman–Crippen LogP) is 2.92. The maximum Gasteiger partial charge on any atom is 0.422 e. The molecule has 0 spiro atoms. The zero-order chi connectivity index (χ0) is 20.2. The molecule has 1 unspecified atom stereocenters. The maximum absolute atomic E-state index is 12.2. The monoisotopic (exact) mass is 402 g/mol. The zero-order valence-electron chi connectivity index (χ0n) is 14.4. The highest BCUT2D eigenvalue weighted by atomic mass is 32.2. The van der Waals surface area contributed by atoms with Crippen molar-refractivity contribution in [3.05, 3.63) is 53.7 Å². The fraction of sp³-hybridized carbons (Fsp3) is 0.294. The fourth-order valence-electron chi connectivity index (χ4n) is 2.12. The molecule has 27 heavy (non-hydrogen) atoms. The molecule has 6 nitrogen and oxygen atoms in total. The number of carbonyl (C=O) groups excluding carboxylic acids is 1. The normalized spacial score (nSPS) is 13.1. The number of hydrogen-bond acceptors (Lipinski definition) is 5. The van der Waals surface area contributed by atoms with Crippen molar-refractivity contribution >= 4 is 15.7 Å². The third-order valence-electron chi connectivity index (χ3n) is 3.54. The van der Waals surface area contributed by atoms with E-state index in [1.807, 2.05) is 0 Å². The number of amides is 1. The Morgan fingerprint density at radius 1 is 1.19 bits per heavy atom.